The molecule has 1 fully saturated rings. The molecule has 1 saturated carbocycles. The number of aliphatic hydroxyl groups excluding tert-OH is 1. The number of nitrogens with zero attached hydrogens (tertiary/aromatic N) is 1. The van der Waals surface area contributed by atoms with E-state index < -0.39 is 0 Å². The summed E-state index contributed by atoms with van der Waals surface area (Å²) in [6, 6.07) is 8.12. The molecule has 1 atom stereocenters. The molecular formula is C19H31N3O2. The van der Waals surface area contributed by atoms with E-state index in [2.05, 4.69) is 28.6 Å². The molecule has 0 aliphatic heterocycles. The van der Waals surface area contributed by atoms with Crippen molar-refractivity contribution < 1.29 is 9.90 Å². The molecule has 2 rings (SSSR count). The lowest BCUT2D eigenvalue weighted by molar-refractivity contribution is 0.185. The maximum atomic E-state index is 12.1. The number of rotatable bonds is 7. The topological polar surface area (TPSA) is 64.6 Å². The van der Waals surface area contributed by atoms with Crippen LogP contribution in [0.15, 0.2) is 24.3 Å². The molecule has 3 N–H and O–H groups in total. The molecule has 0 aromatic heterocycles. The Kier molecular flexibility index (Phi) is 7.53. The number of hydrogen-bond acceptors (Lipinski definition) is 3. The number of amides is 2. The van der Waals surface area contributed by atoms with E-state index in [1.54, 1.807) is 0 Å². The number of benzene rings is 1. The number of carbonyl (C=O) groups is 1. The van der Waals surface area contributed by atoms with Crippen LogP contribution in [0.4, 0.5) is 10.5 Å². The number of carbonyl (C=O) groups excluding carboxylic acids is 1. The van der Waals surface area contributed by atoms with Crippen molar-refractivity contribution in [3.8, 4) is 0 Å². The number of hydrogen-bond donors (Lipinski definition) is 3. The molecule has 1 unspecified atom stereocenters. The van der Waals surface area contributed by atoms with E-state index in [4.69, 9.17) is 0 Å². The zero-order chi connectivity index (χ0) is 17.4. The van der Waals surface area contributed by atoms with Gasteiger partial charge in [0.25, 0.3) is 0 Å². The van der Waals surface area contributed by atoms with E-state index in [0.29, 0.717) is 12.5 Å². The standard InChI is InChI=1S/C19H31N3O2/c1-3-16(14-23)20-19(24)21-18-12-8-7-9-15(18)13-22(2)17-10-5-4-6-11-17/h7-9,12,16-17,23H,3-6,10-11,13-14H2,1-2H3,(H2,20,21,24). The predicted octanol–water partition coefficient (Wildman–Crippen LogP) is 3.34. The highest BCUT2D eigenvalue weighted by molar-refractivity contribution is 5.90. The van der Waals surface area contributed by atoms with Crippen LogP contribution in [-0.4, -0.2) is 41.8 Å². The van der Waals surface area contributed by atoms with E-state index in [1.807, 2.05) is 25.1 Å². The second-order valence-electron chi connectivity index (χ2n) is 6.75. The van der Waals surface area contributed by atoms with E-state index >= 15 is 0 Å². The van der Waals surface area contributed by atoms with Gasteiger partial charge in [0.2, 0.25) is 0 Å². The fraction of sp³-hybridized carbons (Fsp3) is 0.632. The second kappa shape index (κ2) is 9.64. The third-order valence-corrected chi connectivity index (χ3v) is 4.93. The lowest BCUT2D eigenvalue weighted by atomic mass is 9.94. The second-order valence-corrected chi connectivity index (χ2v) is 6.75. The molecule has 0 bridgehead atoms. The summed E-state index contributed by atoms with van der Waals surface area (Å²) in [5.74, 6) is 0. The van der Waals surface area contributed by atoms with Crippen LogP contribution in [0.3, 0.4) is 0 Å². The van der Waals surface area contributed by atoms with E-state index in [9.17, 15) is 9.90 Å². The van der Waals surface area contributed by atoms with E-state index in [0.717, 1.165) is 17.8 Å². The Balaban J connectivity index is 1.97. The van der Waals surface area contributed by atoms with Gasteiger partial charge in [-0.25, -0.2) is 4.79 Å². The van der Waals surface area contributed by atoms with Gasteiger partial charge < -0.3 is 15.7 Å². The normalized spacial score (nSPS) is 16.8. The number of aliphatic hydroxyl groups is 1. The first-order valence-corrected chi connectivity index (χ1v) is 9.10. The number of para-hydroxylation sites is 1. The average Bonchev–Trinajstić information content (AvgIpc) is 2.62. The van der Waals surface area contributed by atoms with Crippen molar-refractivity contribution in [1.29, 1.82) is 0 Å². The van der Waals surface area contributed by atoms with Gasteiger partial charge in [-0.15, -0.1) is 0 Å². The molecule has 5 nitrogen and oxygen atoms in total. The van der Waals surface area contributed by atoms with E-state index in [1.165, 1.54) is 32.1 Å². The molecule has 1 aliphatic carbocycles. The largest absolute Gasteiger partial charge is 0.394 e. The van der Waals surface area contributed by atoms with Gasteiger partial charge in [0.05, 0.1) is 12.6 Å². The maximum Gasteiger partial charge on any atom is 0.319 e. The summed E-state index contributed by atoms with van der Waals surface area (Å²) in [5.41, 5.74) is 1.96. The first-order chi connectivity index (χ1) is 11.6. The van der Waals surface area contributed by atoms with Crippen molar-refractivity contribution in [1.82, 2.24) is 10.2 Å². The number of nitrogens with one attached hydrogen (secondary N) is 2. The van der Waals surface area contributed by atoms with Crippen LogP contribution in [0, 0.1) is 0 Å². The van der Waals surface area contributed by atoms with Crippen LogP contribution < -0.4 is 10.6 Å². The fourth-order valence-electron chi connectivity index (χ4n) is 3.32. The number of anilines is 1. The molecule has 24 heavy (non-hydrogen) atoms. The summed E-state index contributed by atoms with van der Waals surface area (Å²) in [7, 11) is 2.17. The molecule has 1 aromatic carbocycles. The summed E-state index contributed by atoms with van der Waals surface area (Å²) in [6.45, 7) is 2.72. The number of urea groups is 1. The molecule has 134 valence electrons. The monoisotopic (exact) mass is 333 g/mol. The fourth-order valence-corrected chi connectivity index (χ4v) is 3.32. The molecule has 0 heterocycles. The van der Waals surface area contributed by atoms with Gasteiger partial charge in [-0.2, -0.15) is 0 Å². The minimum absolute atomic E-state index is 0.0457. The van der Waals surface area contributed by atoms with Gasteiger partial charge in [-0.3, -0.25) is 4.90 Å². The predicted molar refractivity (Wildman–Crippen MR) is 98.1 cm³/mol. The molecular weight excluding hydrogens is 302 g/mol. The van der Waals surface area contributed by atoms with Gasteiger partial charge in [0, 0.05) is 18.3 Å². The molecule has 2 amide bonds. The van der Waals surface area contributed by atoms with Crippen LogP contribution in [0.5, 0.6) is 0 Å². The van der Waals surface area contributed by atoms with Crippen molar-refractivity contribution >= 4 is 11.7 Å². The molecule has 0 spiro atoms. The van der Waals surface area contributed by atoms with Crippen LogP contribution in [0.1, 0.15) is 51.0 Å². The Morgan fingerprint density at radius 1 is 1.29 bits per heavy atom. The Morgan fingerprint density at radius 3 is 2.67 bits per heavy atom. The first-order valence-electron chi connectivity index (χ1n) is 9.10. The average molecular weight is 333 g/mol. The Labute approximate surface area is 145 Å². The Bertz CT molecular complexity index is 511. The Hall–Kier alpha value is -1.59. The highest BCUT2D eigenvalue weighted by Crippen LogP contribution is 2.24. The molecule has 0 radical (unpaired) electrons. The van der Waals surface area contributed by atoms with Crippen molar-refractivity contribution in [2.45, 2.75) is 64.1 Å². The summed E-state index contributed by atoms with van der Waals surface area (Å²) < 4.78 is 0. The lowest BCUT2D eigenvalue weighted by Crippen LogP contribution is -2.40. The van der Waals surface area contributed by atoms with Crippen molar-refractivity contribution in [2.24, 2.45) is 0 Å². The Morgan fingerprint density at radius 2 is 2.00 bits per heavy atom. The summed E-state index contributed by atoms with van der Waals surface area (Å²) in [5, 5.41) is 14.9. The van der Waals surface area contributed by atoms with Crippen LogP contribution in [0.2, 0.25) is 0 Å². The maximum absolute atomic E-state index is 12.1. The van der Waals surface area contributed by atoms with Gasteiger partial charge in [-0.1, -0.05) is 44.4 Å². The van der Waals surface area contributed by atoms with Gasteiger partial charge in [0.1, 0.15) is 0 Å². The van der Waals surface area contributed by atoms with Gasteiger partial charge in [0.15, 0.2) is 0 Å². The molecule has 0 saturated heterocycles. The highest BCUT2D eigenvalue weighted by atomic mass is 16.3. The summed E-state index contributed by atoms with van der Waals surface area (Å²) in [4.78, 5) is 14.5. The highest BCUT2D eigenvalue weighted by Gasteiger charge is 2.19. The third kappa shape index (κ3) is 5.49. The summed E-state index contributed by atoms with van der Waals surface area (Å²) in [6.07, 6.45) is 7.22. The van der Waals surface area contributed by atoms with Crippen LogP contribution >= 0.6 is 0 Å². The first kappa shape index (κ1) is 18.7. The quantitative estimate of drug-likeness (QED) is 0.717. The minimum Gasteiger partial charge on any atom is -0.394 e. The summed E-state index contributed by atoms with van der Waals surface area (Å²) >= 11 is 0. The SMILES string of the molecule is CCC(CO)NC(=O)Nc1ccccc1CN(C)C1CCCCC1. The van der Waals surface area contributed by atoms with Crippen molar-refractivity contribution in [2.75, 3.05) is 19.0 Å². The van der Waals surface area contributed by atoms with Crippen LogP contribution in [0.25, 0.3) is 0 Å². The lowest BCUT2D eigenvalue weighted by Gasteiger charge is -2.31. The third-order valence-electron chi connectivity index (χ3n) is 4.93. The van der Waals surface area contributed by atoms with E-state index in [-0.39, 0.29) is 18.7 Å². The zero-order valence-electron chi connectivity index (χ0n) is 14.9. The molecule has 5 heteroatoms. The zero-order valence-corrected chi connectivity index (χ0v) is 14.9. The van der Waals surface area contributed by atoms with Crippen molar-refractivity contribution in [3.63, 3.8) is 0 Å². The van der Waals surface area contributed by atoms with Gasteiger partial charge in [-0.05, 0) is 37.9 Å². The van der Waals surface area contributed by atoms with Crippen molar-refractivity contribution in [3.05, 3.63) is 29.8 Å². The molecule has 1 aromatic rings. The van der Waals surface area contributed by atoms with Gasteiger partial charge >= 0.3 is 6.03 Å². The smallest absolute Gasteiger partial charge is 0.319 e. The van der Waals surface area contributed by atoms with Crippen LogP contribution in [-0.2, 0) is 6.54 Å². The molecule has 1 aliphatic rings. The minimum atomic E-state index is -0.260.